The van der Waals surface area contributed by atoms with Crippen LogP contribution in [0.15, 0.2) is 4.99 Å². The van der Waals surface area contributed by atoms with Crippen LogP contribution in [0.3, 0.4) is 0 Å². The second kappa shape index (κ2) is 3.29. The molecule has 0 aromatic carbocycles. The number of fused-ring (bicyclic) bond motifs is 1. The first-order valence-corrected chi connectivity index (χ1v) is 4.02. The molecule has 2 heterocycles. The third kappa shape index (κ3) is 1.15. The molecule has 0 atom stereocenters. The smallest absolute Gasteiger partial charge is 0.279 e. The van der Waals surface area contributed by atoms with Gasteiger partial charge in [0.2, 0.25) is 5.88 Å². The first-order valence-electron chi connectivity index (χ1n) is 4.02. The van der Waals surface area contributed by atoms with Crippen molar-refractivity contribution < 1.29 is 28.5 Å². The molecular weight excluding hydrogens is 219 g/mol. The van der Waals surface area contributed by atoms with Crippen LogP contribution in [0.5, 0.6) is 5.88 Å². The summed E-state index contributed by atoms with van der Waals surface area (Å²) in [6.07, 6.45) is 0. The minimum Gasteiger partial charge on any atom is -0.494 e. The number of aromatic nitrogens is 1. The van der Waals surface area contributed by atoms with E-state index in [4.69, 9.17) is 0 Å². The first-order chi connectivity index (χ1) is 6.04. The van der Waals surface area contributed by atoms with Crippen molar-refractivity contribution in [2.24, 2.45) is 12.0 Å². The van der Waals surface area contributed by atoms with E-state index in [2.05, 4.69) is 4.99 Å². The molecule has 1 radical (unpaired) electrons. The second-order valence-electron chi connectivity index (χ2n) is 3.22. The zero-order valence-corrected chi connectivity index (χ0v) is 9.59. The number of hydrogen-bond acceptors (Lipinski definition) is 2. The Morgan fingerprint density at radius 2 is 1.86 bits per heavy atom. The summed E-state index contributed by atoms with van der Waals surface area (Å²) in [5.74, 6) is -0.125. The monoisotopic (exact) mass is 229 g/mol. The van der Waals surface area contributed by atoms with Crippen LogP contribution in [0.2, 0.25) is 0 Å². The first kappa shape index (κ1) is 11.1. The molecule has 0 spiro atoms. The fraction of sp³-hybridized carbons (Fsp3) is 0.333. The fourth-order valence-corrected chi connectivity index (χ4v) is 1.66. The molecule has 1 aliphatic rings. The molecule has 0 bridgehead atoms. The van der Waals surface area contributed by atoms with Crippen molar-refractivity contribution in [2.45, 2.75) is 13.8 Å². The predicted molar refractivity (Wildman–Crippen MR) is 48.4 cm³/mol. The third-order valence-corrected chi connectivity index (χ3v) is 2.50. The van der Waals surface area contributed by atoms with Crippen molar-refractivity contribution in [2.75, 3.05) is 0 Å². The van der Waals surface area contributed by atoms with Gasteiger partial charge in [0.15, 0.2) is 0 Å². The molecule has 0 aliphatic carbocycles. The van der Waals surface area contributed by atoms with Gasteiger partial charge in [0, 0.05) is 31.3 Å². The van der Waals surface area contributed by atoms with Crippen LogP contribution in [0, 0.1) is 6.92 Å². The van der Waals surface area contributed by atoms with Gasteiger partial charge in [-0.1, -0.05) is 0 Å². The molecule has 5 heteroatoms. The standard InChI is InChI=1S/C9H10N2O2.V/c1-4-6-7(8(12)10-4)5(2)11(3)9(6)13;/h13H,1-3H3;. The summed E-state index contributed by atoms with van der Waals surface area (Å²) in [6, 6.07) is 0. The van der Waals surface area contributed by atoms with Crippen LogP contribution in [0.25, 0.3) is 0 Å². The number of hydrogen-bond donors (Lipinski definition) is 1. The molecule has 0 saturated carbocycles. The van der Waals surface area contributed by atoms with E-state index in [9.17, 15) is 9.90 Å². The normalized spacial score (nSPS) is 13.6. The van der Waals surface area contributed by atoms with Crippen molar-refractivity contribution in [3.8, 4) is 5.88 Å². The Morgan fingerprint density at radius 1 is 1.29 bits per heavy atom. The van der Waals surface area contributed by atoms with Gasteiger partial charge in [-0.2, -0.15) is 0 Å². The minimum atomic E-state index is -0.249. The molecule has 1 N–H and O–H groups in total. The summed E-state index contributed by atoms with van der Waals surface area (Å²) < 4.78 is 1.60. The molecule has 1 aliphatic heterocycles. The summed E-state index contributed by atoms with van der Waals surface area (Å²) >= 11 is 0. The number of carbonyl (C=O) groups is 1. The van der Waals surface area contributed by atoms with Gasteiger partial charge < -0.3 is 9.67 Å². The van der Waals surface area contributed by atoms with Gasteiger partial charge in [-0.15, -0.1) is 0 Å². The maximum Gasteiger partial charge on any atom is 0.279 e. The summed E-state index contributed by atoms with van der Waals surface area (Å²) in [4.78, 5) is 15.1. The Morgan fingerprint density at radius 3 is 2.36 bits per heavy atom. The molecule has 4 nitrogen and oxygen atoms in total. The second-order valence-corrected chi connectivity index (χ2v) is 3.22. The summed E-state index contributed by atoms with van der Waals surface area (Å²) in [7, 11) is 1.73. The number of aliphatic imine (C=N–C) groups is 1. The van der Waals surface area contributed by atoms with Crippen LogP contribution < -0.4 is 0 Å². The van der Waals surface area contributed by atoms with Gasteiger partial charge in [-0.25, -0.2) is 4.99 Å². The molecule has 73 valence electrons. The minimum absolute atomic E-state index is 0. The van der Waals surface area contributed by atoms with E-state index < -0.39 is 0 Å². The van der Waals surface area contributed by atoms with E-state index in [1.165, 1.54) is 0 Å². The van der Waals surface area contributed by atoms with Crippen LogP contribution in [-0.2, 0) is 25.6 Å². The number of aromatic hydroxyl groups is 1. The average Bonchev–Trinajstić information content (AvgIpc) is 2.47. The summed E-state index contributed by atoms with van der Waals surface area (Å²) in [5, 5.41) is 9.66. The van der Waals surface area contributed by atoms with E-state index >= 15 is 0 Å². The van der Waals surface area contributed by atoms with Crippen molar-refractivity contribution >= 4 is 11.6 Å². The van der Waals surface area contributed by atoms with Gasteiger partial charge in [0.05, 0.1) is 16.8 Å². The maximum absolute atomic E-state index is 11.4. The van der Waals surface area contributed by atoms with E-state index in [-0.39, 0.29) is 30.3 Å². The van der Waals surface area contributed by atoms with E-state index in [1.54, 1.807) is 25.5 Å². The van der Waals surface area contributed by atoms with Crippen LogP contribution >= 0.6 is 0 Å². The molecular formula is C9H10N2O2V. The number of nitrogens with zero attached hydrogens (tertiary/aromatic N) is 2. The number of carbonyl (C=O) groups excluding carboxylic acids is 1. The average molecular weight is 229 g/mol. The Kier molecular flexibility index (Phi) is 2.61. The summed E-state index contributed by atoms with van der Waals surface area (Å²) in [5.41, 5.74) is 2.49. The maximum atomic E-state index is 11.4. The van der Waals surface area contributed by atoms with E-state index in [0.717, 1.165) is 5.69 Å². The molecule has 14 heavy (non-hydrogen) atoms. The third-order valence-electron chi connectivity index (χ3n) is 2.50. The Hall–Kier alpha value is -0.996. The molecule has 0 fully saturated rings. The Balaban J connectivity index is 0.000000980. The Labute approximate surface area is 93.5 Å². The van der Waals surface area contributed by atoms with Gasteiger partial charge in [-0.05, 0) is 13.8 Å². The van der Waals surface area contributed by atoms with Crippen molar-refractivity contribution in [1.29, 1.82) is 0 Å². The number of rotatable bonds is 0. The fourth-order valence-electron chi connectivity index (χ4n) is 1.66. The molecule has 1 aromatic heterocycles. The number of amides is 1. The molecule has 0 saturated heterocycles. The van der Waals surface area contributed by atoms with Crippen LogP contribution in [0.1, 0.15) is 28.5 Å². The van der Waals surface area contributed by atoms with Gasteiger partial charge in [0.1, 0.15) is 0 Å². The predicted octanol–water partition coefficient (Wildman–Crippen LogP) is 0.999. The zero-order chi connectivity index (χ0) is 9.75. The quantitative estimate of drug-likeness (QED) is 0.721. The molecule has 0 unspecified atom stereocenters. The largest absolute Gasteiger partial charge is 0.494 e. The van der Waals surface area contributed by atoms with Gasteiger partial charge >= 0.3 is 0 Å². The van der Waals surface area contributed by atoms with Crippen LogP contribution in [0.4, 0.5) is 0 Å². The SMILES string of the molecule is CC1=NC(=O)c2c1c(O)n(C)c2C.[V]. The summed E-state index contributed by atoms with van der Waals surface area (Å²) in [6.45, 7) is 3.52. The van der Waals surface area contributed by atoms with Gasteiger partial charge in [0.25, 0.3) is 5.91 Å². The van der Waals surface area contributed by atoms with Crippen molar-refractivity contribution in [1.82, 2.24) is 4.57 Å². The van der Waals surface area contributed by atoms with Crippen LogP contribution in [-0.4, -0.2) is 21.3 Å². The topological polar surface area (TPSA) is 54.6 Å². The molecule has 1 amide bonds. The van der Waals surface area contributed by atoms with Gasteiger partial charge in [-0.3, -0.25) is 4.79 Å². The van der Waals surface area contributed by atoms with E-state index in [0.29, 0.717) is 16.8 Å². The van der Waals surface area contributed by atoms with Crippen molar-refractivity contribution in [3.05, 3.63) is 16.8 Å². The Bertz CT molecular complexity index is 446. The molecule has 2 rings (SSSR count). The zero-order valence-electron chi connectivity index (χ0n) is 8.20. The van der Waals surface area contributed by atoms with Crippen molar-refractivity contribution in [3.63, 3.8) is 0 Å². The molecule has 1 aromatic rings. The van der Waals surface area contributed by atoms with E-state index in [1.807, 2.05) is 0 Å².